The highest BCUT2D eigenvalue weighted by atomic mass is 16.4. The van der Waals surface area contributed by atoms with Crippen LogP contribution in [0.25, 0.3) is 6.08 Å². The first kappa shape index (κ1) is 14.5. The van der Waals surface area contributed by atoms with E-state index in [2.05, 4.69) is 10.3 Å². The number of amides is 1. The number of carbonyl (C=O) groups excluding carboxylic acids is 1. The van der Waals surface area contributed by atoms with E-state index >= 15 is 0 Å². The van der Waals surface area contributed by atoms with Gasteiger partial charge in [0.05, 0.1) is 5.56 Å². The predicted molar refractivity (Wildman–Crippen MR) is 80.0 cm³/mol. The minimum atomic E-state index is -1.06. The molecular weight excluding hydrogens is 268 g/mol. The third-order valence-electron chi connectivity index (χ3n) is 2.86. The second kappa shape index (κ2) is 6.47. The molecule has 0 atom stereocenters. The van der Waals surface area contributed by atoms with Crippen molar-refractivity contribution in [3.8, 4) is 0 Å². The van der Waals surface area contributed by atoms with E-state index in [1.807, 2.05) is 31.2 Å². The number of hydrogen-bond acceptors (Lipinski definition) is 3. The van der Waals surface area contributed by atoms with E-state index < -0.39 is 5.97 Å². The summed E-state index contributed by atoms with van der Waals surface area (Å²) in [4.78, 5) is 26.3. The van der Waals surface area contributed by atoms with Crippen LogP contribution in [0.1, 0.15) is 21.5 Å². The van der Waals surface area contributed by atoms with Gasteiger partial charge >= 0.3 is 5.97 Å². The van der Waals surface area contributed by atoms with Gasteiger partial charge in [-0.15, -0.1) is 0 Å². The summed E-state index contributed by atoms with van der Waals surface area (Å²) in [5.41, 5.74) is 2.11. The fourth-order valence-corrected chi connectivity index (χ4v) is 1.70. The molecular formula is C16H14N2O3. The summed E-state index contributed by atoms with van der Waals surface area (Å²) in [6.07, 6.45) is 4.33. The summed E-state index contributed by atoms with van der Waals surface area (Å²) in [6, 6.07) is 10.5. The van der Waals surface area contributed by atoms with Gasteiger partial charge in [-0.3, -0.25) is 4.79 Å². The smallest absolute Gasteiger partial charge is 0.337 e. The number of anilines is 1. The molecule has 1 heterocycles. The van der Waals surface area contributed by atoms with Crippen LogP contribution in [0.15, 0.2) is 48.7 Å². The normalized spacial score (nSPS) is 10.5. The van der Waals surface area contributed by atoms with E-state index in [-0.39, 0.29) is 11.5 Å². The number of carboxylic acids is 1. The van der Waals surface area contributed by atoms with Crippen LogP contribution < -0.4 is 5.32 Å². The molecule has 0 unspecified atom stereocenters. The largest absolute Gasteiger partial charge is 0.478 e. The van der Waals surface area contributed by atoms with Crippen LogP contribution in [0.4, 0.5) is 5.82 Å². The van der Waals surface area contributed by atoms with Crippen LogP contribution in [-0.4, -0.2) is 22.0 Å². The Morgan fingerprint density at radius 1 is 1.19 bits per heavy atom. The Morgan fingerprint density at radius 3 is 2.57 bits per heavy atom. The molecule has 0 radical (unpaired) electrons. The highest BCUT2D eigenvalue weighted by Crippen LogP contribution is 2.09. The zero-order valence-electron chi connectivity index (χ0n) is 11.4. The van der Waals surface area contributed by atoms with Gasteiger partial charge < -0.3 is 10.4 Å². The number of aryl methyl sites for hydroxylation is 1. The molecule has 1 aromatic carbocycles. The molecule has 0 fully saturated rings. The van der Waals surface area contributed by atoms with E-state index in [0.29, 0.717) is 5.82 Å². The fraction of sp³-hybridized carbons (Fsp3) is 0.0625. The predicted octanol–water partition coefficient (Wildman–Crippen LogP) is 2.74. The minimum Gasteiger partial charge on any atom is -0.478 e. The molecule has 5 nitrogen and oxygen atoms in total. The maximum absolute atomic E-state index is 11.8. The molecule has 5 heteroatoms. The Morgan fingerprint density at radius 2 is 1.95 bits per heavy atom. The lowest BCUT2D eigenvalue weighted by atomic mass is 10.1. The highest BCUT2D eigenvalue weighted by Gasteiger charge is 2.04. The zero-order chi connectivity index (χ0) is 15.2. The summed E-state index contributed by atoms with van der Waals surface area (Å²) >= 11 is 0. The molecule has 1 aromatic heterocycles. The van der Waals surface area contributed by atoms with E-state index in [1.165, 1.54) is 24.4 Å². The van der Waals surface area contributed by atoms with Gasteiger partial charge in [0.15, 0.2) is 0 Å². The number of carboxylic acid groups (broad SMARTS) is 1. The second-order valence-corrected chi connectivity index (χ2v) is 4.42. The highest BCUT2D eigenvalue weighted by molar-refractivity contribution is 6.01. The van der Waals surface area contributed by atoms with Crippen molar-refractivity contribution in [3.63, 3.8) is 0 Å². The van der Waals surface area contributed by atoms with Crippen LogP contribution in [0.5, 0.6) is 0 Å². The van der Waals surface area contributed by atoms with Crippen molar-refractivity contribution in [2.75, 3.05) is 5.32 Å². The van der Waals surface area contributed by atoms with E-state index in [4.69, 9.17) is 5.11 Å². The third kappa shape index (κ3) is 4.01. The van der Waals surface area contributed by atoms with Crippen molar-refractivity contribution in [1.82, 2.24) is 4.98 Å². The zero-order valence-corrected chi connectivity index (χ0v) is 11.4. The first-order chi connectivity index (χ1) is 10.1. The molecule has 2 aromatic rings. The molecule has 0 saturated heterocycles. The maximum atomic E-state index is 11.8. The third-order valence-corrected chi connectivity index (χ3v) is 2.86. The van der Waals surface area contributed by atoms with Crippen LogP contribution >= 0.6 is 0 Å². The number of nitrogens with one attached hydrogen (secondary N) is 1. The average Bonchev–Trinajstić information content (AvgIpc) is 2.47. The first-order valence-corrected chi connectivity index (χ1v) is 6.30. The van der Waals surface area contributed by atoms with Gasteiger partial charge in [0, 0.05) is 12.3 Å². The molecule has 2 N–H and O–H groups in total. The molecule has 1 amide bonds. The summed E-state index contributed by atoms with van der Waals surface area (Å²) in [5, 5.41) is 11.3. The minimum absolute atomic E-state index is 0.0726. The standard InChI is InChI=1S/C16H14N2O3/c1-11-4-2-3-5-12(11)7-9-15(19)18-14-8-6-13(10-17-14)16(20)21/h2-10H,1H3,(H,20,21)(H,17,18,19). The van der Waals surface area contributed by atoms with Crippen molar-refractivity contribution in [2.45, 2.75) is 6.92 Å². The lowest BCUT2D eigenvalue weighted by Gasteiger charge is -2.02. The Balaban J connectivity index is 2.02. The number of carbonyl (C=O) groups is 2. The molecule has 0 aliphatic carbocycles. The van der Waals surface area contributed by atoms with Gasteiger partial charge in [-0.25, -0.2) is 9.78 Å². The number of benzene rings is 1. The van der Waals surface area contributed by atoms with Crippen molar-refractivity contribution in [2.24, 2.45) is 0 Å². The topological polar surface area (TPSA) is 79.3 Å². The van der Waals surface area contributed by atoms with E-state index in [9.17, 15) is 9.59 Å². The molecule has 2 rings (SSSR count). The Kier molecular flexibility index (Phi) is 4.46. The van der Waals surface area contributed by atoms with Gasteiger partial charge in [0.25, 0.3) is 0 Å². The molecule has 0 aliphatic heterocycles. The van der Waals surface area contributed by atoms with Crippen molar-refractivity contribution < 1.29 is 14.7 Å². The van der Waals surface area contributed by atoms with Gasteiger partial charge in [-0.2, -0.15) is 0 Å². The molecule has 0 bridgehead atoms. The van der Waals surface area contributed by atoms with Crippen molar-refractivity contribution >= 4 is 23.8 Å². The van der Waals surface area contributed by atoms with Gasteiger partial charge in [-0.1, -0.05) is 24.3 Å². The number of rotatable bonds is 4. The van der Waals surface area contributed by atoms with Crippen LogP contribution in [0.2, 0.25) is 0 Å². The monoisotopic (exact) mass is 282 g/mol. The molecule has 106 valence electrons. The van der Waals surface area contributed by atoms with Gasteiger partial charge in [0.2, 0.25) is 5.91 Å². The van der Waals surface area contributed by atoms with Crippen LogP contribution in [0.3, 0.4) is 0 Å². The number of hydrogen-bond donors (Lipinski definition) is 2. The first-order valence-electron chi connectivity index (χ1n) is 6.30. The lowest BCUT2D eigenvalue weighted by molar-refractivity contribution is -0.111. The summed E-state index contributed by atoms with van der Waals surface area (Å²) in [7, 11) is 0. The average molecular weight is 282 g/mol. The lowest BCUT2D eigenvalue weighted by Crippen LogP contribution is -2.09. The number of aromatic nitrogens is 1. The summed E-state index contributed by atoms with van der Waals surface area (Å²) in [6.45, 7) is 1.96. The van der Waals surface area contributed by atoms with Crippen LogP contribution in [-0.2, 0) is 4.79 Å². The molecule has 0 saturated carbocycles. The Hall–Kier alpha value is -2.95. The van der Waals surface area contributed by atoms with E-state index in [1.54, 1.807) is 6.08 Å². The Labute approximate surface area is 122 Å². The number of nitrogens with zero attached hydrogens (tertiary/aromatic N) is 1. The number of aromatic carboxylic acids is 1. The molecule has 0 aliphatic rings. The van der Waals surface area contributed by atoms with Crippen molar-refractivity contribution in [3.05, 3.63) is 65.4 Å². The Bertz CT molecular complexity index is 691. The molecule has 0 spiro atoms. The molecule has 21 heavy (non-hydrogen) atoms. The maximum Gasteiger partial charge on any atom is 0.337 e. The number of pyridine rings is 1. The fourth-order valence-electron chi connectivity index (χ4n) is 1.70. The van der Waals surface area contributed by atoms with E-state index in [0.717, 1.165) is 11.1 Å². The SMILES string of the molecule is Cc1ccccc1C=CC(=O)Nc1ccc(C(=O)O)cn1. The quantitative estimate of drug-likeness (QED) is 0.845. The summed E-state index contributed by atoms with van der Waals surface area (Å²) < 4.78 is 0. The second-order valence-electron chi connectivity index (χ2n) is 4.42. The van der Waals surface area contributed by atoms with Crippen molar-refractivity contribution in [1.29, 1.82) is 0 Å². The summed E-state index contributed by atoms with van der Waals surface area (Å²) in [5.74, 6) is -1.08. The van der Waals surface area contributed by atoms with Crippen LogP contribution in [0, 0.1) is 6.92 Å². The van der Waals surface area contributed by atoms with Gasteiger partial charge in [0.1, 0.15) is 5.82 Å². The van der Waals surface area contributed by atoms with Gasteiger partial charge in [-0.05, 0) is 36.3 Å².